The van der Waals surface area contributed by atoms with Crippen molar-refractivity contribution in [3.63, 3.8) is 0 Å². The quantitative estimate of drug-likeness (QED) is 0.762. The van der Waals surface area contributed by atoms with E-state index in [-0.39, 0.29) is 0 Å². The number of piperidine rings is 1. The Morgan fingerprint density at radius 3 is 2.44 bits per heavy atom. The first-order valence-electron chi connectivity index (χ1n) is 5.41. The van der Waals surface area contributed by atoms with Crippen molar-refractivity contribution in [2.24, 2.45) is 7.05 Å². The van der Waals surface area contributed by atoms with Crippen LogP contribution in [0.15, 0.2) is 12.3 Å². The Morgan fingerprint density at radius 2 is 2.00 bits per heavy atom. The summed E-state index contributed by atoms with van der Waals surface area (Å²) in [6.07, 6.45) is 4.93. The molecule has 0 radical (unpaired) electrons. The molecule has 0 aromatic carbocycles. The molecule has 16 heavy (non-hydrogen) atoms. The van der Waals surface area contributed by atoms with Crippen LogP contribution in [0.1, 0.15) is 24.5 Å². The van der Waals surface area contributed by atoms with Gasteiger partial charge in [-0.2, -0.15) is 5.10 Å². The maximum absolute atomic E-state index is 11.3. The molecule has 2 heterocycles. The highest BCUT2D eigenvalue weighted by molar-refractivity contribution is 7.88. The van der Waals surface area contributed by atoms with Crippen LogP contribution in [0.5, 0.6) is 0 Å². The molecule has 1 fully saturated rings. The number of hydrogen-bond donors (Lipinski definition) is 0. The number of sulfonamides is 1. The van der Waals surface area contributed by atoms with Gasteiger partial charge in [-0.05, 0) is 18.9 Å². The molecule has 0 amide bonds. The van der Waals surface area contributed by atoms with E-state index in [4.69, 9.17) is 0 Å². The Labute approximate surface area is 96.1 Å². The SMILES string of the molecule is Cn1ccc(C2CCN(S(C)(=O)=O)CC2)n1. The molecule has 1 aromatic heterocycles. The molecular formula is C10H17N3O2S. The monoisotopic (exact) mass is 243 g/mol. The van der Waals surface area contributed by atoms with Gasteiger partial charge >= 0.3 is 0 Å². The fourth-order valence-electron chi connectivity index (χ4n) is 2.13. The third kappa shape index (κ3) is 2.44. The lowest BCUT2D eigenvalue weighted by Gasteiger charge is -2.29. The Morgan fingerprint density at radius 1 is 1.38 bits per heavy atom. The average Bonchev–Trinajstić information content (AvgIpc) is 2.64. The van der Waals surface area contributed by atoms with E-state index in [2.05, 4.69) is 5.10 Å². The molecule has 1 aromatic rings. The average molecular weight is 243 g/mol. The third-order valence-electron chi connectivity index (χ3n) is 3.08. The Bertz CT molecular complexity index is 458. The second kappa shape index (κ2) is 4.18. The summed E-state index contributed by atoms with van der Waals surface area (Å²) in [7, 11) is -1.12. The van der Waals surface area contributed by atoms with Crippen LogP contribution >= 0.6 is 0 Å². The maximum Gasteiger partial charge on any atom is 0.211 e. The molecule has 6 heteroatoms. The molecule has 2 rings (SSSR count). The van der Waals surface area contributed by atoms with Gasteiger partial charge in [-0.3, -0.25) is 4.68 Å². The molecule has 0 N–H and O–H groups in total. The summed E-state index contributed by atoms with van der Waals surface area (Å²) in [5, 5.41) is 4.37. The van der Waals surface area contributed by atoms with Crippen molar-refractivity contribution in [1.29, 1.82) is 0 Å². The number of nitrogens with zero attached hydrogens (tertiary/aromatic N) is 3. The van der Waals surface area contributed by atoms with E-state index in [9.17, 15) is 8.42 Å². The number of aromatic nitrogens is 2. The van der Waals surface area contributed by atoms with Crippen LogP contribution in [0.25, 0.3) is 0 Å². The van der Waals surface area contributed by atoms with Crippen LogP contribution in [0.2, 0.25) is 0 Å². The smallest absolute Gasteiger partial charge is 0.211 e. The van der Waals surface area contributed by atoms with Gasteiger partial charge < -0.3 is 0 Å². The van der Waals surface area contributed by atoms with Crippen LogP contribution in [0, 0.1) is 0 Å². The minimum absolute atomic E-state index is 0.402. The van der Waals surface area contributed by atoms with E-state index in [0.717, 1.165) is 18.5 Å². The first-order valence-corrected chi connectivity index (χ1v) is 7.26. The van der Waals surface area contributed by atoms with E-state index in [1.165, 1.54) is 6.26 Å². The summed E-state index contributed by atoms with van der Waals surface area (Å²) in [5.41, 5.74) is 1.08. The molecule has 5 nitrogen and oxygen atoms in total. The number of aryl methyl sites for hydroxylation is 1. The molecule has 0 saturated carbocycles. The van der Waals surface area contributed by atoms with Crippen LogP contribution in [-0.2, 0) is 17.1 Å². The molecule has 1 aliphatic heterocycles. The number of hydrogen-bond acceptors (Lipinski definition) is 3. The predicted octanol–water partition coefficient (Wildman–Crippen LogP) is 0.559. The minimum atomic E-state index is -3.02. The van der Waals surface area contributed by atoms with Gasteiger partial charge in [0.1, 0.15) is 0 Å². The van der Waals surface area contributed by atoms with E-state index in [1.54, 1.807) is 8.99 Å². The van der Waals surface area contributed by atoms with Crippen molar-refractivity contribution >= 4 is 10.0 Å². The van der Waals surface area contributed by atoms with Crippen LogP contribution < -0.4 is 0 Å². The van der Waals surface area contributed by atoms with Gasteiger partial charge in [0.2, 0.25) is 10.0 Å². The van der Waals surface area contributed by atoms with Crippen molar-refractivity contribution in [2.75, 3.05) is 19.3 Å². The van der Waals surface area contributed by atoms with Crippen molar-refractivity contribution in [3.8, 4) is 0 Å². The fourth-order valence-corrected chi connectivity index (χ4v) is 3.01. The maximum atomic E-state index is 11.3. The summed E-state index contributed by atoms with van der Waals surface area (Å²) >= 11 is 0. The molecule has 90 valence electrons. The third-order valence-corrected chi connectivity index (χ3v) is 4.38. The number of rotatable bonds is 2. The van der Waals surface area contributed by atoms with Crippen LogP contribution in [0.3, 0.4) is 0 Å². The summed E-state index contributed by atoms with van der Waals surface area (Å²) in [4.78, 5) is 0. The standard InChI is InChI=1S/C10H17N3O2S/c1-12-6-5-10(11-12)9-3-7-13(8-4-9)16(2,14)15/h5-6,9H,3-4,7-8H2,1-2H3. The molecule has 0 spiro atoms. The molecule has 0 atom stereocenters. The fraction of sp³-hybridized carbons (Fsp3) is 0.700. The second-order valence-corrected chi connectivity index (χ2v) is 6.33. The Balaban J connectivity index is 2.00. The minimum Gasteiger partial charge on any atom is -0.276 e. The van der Waals surface area contributed by atoms with E-state index < -0.39 is 10.0 Å². The van der Waals surface area contributed by atoms with Crippen LogP contribution in [-0.4, -0.2) is 41.8 Å². The summed E-state index contributed by atoms with van der Waals surface area (Å²) in [6, 6.07) is 2.01. The van der Waals surface area contributed by atoms with Gasteiger partial charge in [0.05, 0.1) is 11.9 Å². The first-order chi connectivity index (χ1) is 7.47. The zero-order chi connectivity index (χ0) is 11.8. The van der Waals surface area contributed by atoms with Crippen molar-refractivity contribution in [3.05, 3.63) is 18.0 Å². The summed E-state index contributed by atoms with van der Waals surface area (Å²) in [5.74, 6) is 0.402. The van der Waals surface area contributed by atoms with Gasteiger partial charge in [0.25, 0.3) is 0 Å². The van der Waals surface area contributed by atoms with Gasteiger partial charge in [-0.25, -0.2) is 12.7 Å². The molecular weight excluding hydrogens is 226 g/mol. The Hall–Kier alpha value is -0.880. The van der Waals surface area contributed by atoms with E-state index >= 15 is 0 Å². The predicted molar refractivity (Wildman–Crippen MR) is 61.6 cm³/mol. The zero-order valence-electron chi connectivity index (χ0n) is 9.63. The molecule has 0 bridgehead atoms. The Kier molecular flexibility index (Phi) is 3.03. The van der Waals surface area contributed by atoms with Crippen molar-refractivity contribution in [2.45, 2.75) is 18.8 Å². The summed E-state index contributed by atoms with van der Waals surface area (Å²) in [6.45, 7) is 1.22. The first kappa shape index (κ1) is 11.6. The lowest BCUT2D eigenvalue weighted by molar-refractivity contribution is 0.318. The lowest BCUT2D eigenvalue weighted by atomic mass is 9.95. The zero-order valence-corrected chi connectivity index (χ0v) is 10.4. The second-order valence-electron chi connectivity index (χ2n) is 4.35. The van der Waals surface area contributed by atoms with Gasteiger partial charge in [0.15, 0.2) is 0 Å². The highest BCUT2D eigenvalue weighted by Gasteiger charge is 2.26. The van der Waals surface area contributed by atoms with E-state index in [0.29, 0.717) is 19.0 Å². The van der Waals surface area contributed by atoms with Crippen molar-refractivity contribution < 1.29 is 8.42 Å². The normalized spacial score (nSPS) is 20.1. The highest BCUT2D eigenvalue weighted by Crippen LogP contribution is 2.27. The molecule has 1 saturated heterocycles. The molecule has 0 aliphatic carbocycles. The highest BCUT2D eigenvalue weighted by atomic mass is 32.2. The van der Waals surface area contributed by atoms with Gasteiger partial charge in [-0.15, -0.1) is 0 Å². The largest absolute Gasteiger partial charge is 0.276 e. The molecule has 0 unspecified atom stereocenters. The van der Waals surface area contributed by atoms with Crippen molar-refractivity contribution in [1.82, 2.24) is 14.1 Å². The van der Waals surface area contributed by atoms with E-state index in [1.807, 2.05) is 19.3 Å². The topological polar surface area (TPSA) is 55.2 Å². The lowest BCUT2D eigenvalue weighted by Crippen LogP contribution is -2.37. The van der Waals surface area contributed by atoms with Gasteiger partial charge in [0, 0.05) is 32.3 Å². The van der Waals surface area contributed by atoms with Crippen LogP contribution in [0.4, 0.5) is 0 Å². The van der Waals surface area contributed by atoms with Gasteiger partial charge in [-0.1, -0.05) is 0 Å². The summed E-state index contributed by atoms with van der Waals surface area (Å²) < 4.78 is 26.0. The molecule has 1 aliphatic rings.